The van der Waals surface area contributed by atoms with E-state index in [4.69, 9.17) is 16.3 Å². The molecule has 3 rings (SSSR count). The minimum Gasteiger partial charge on any atom is -0.489 e. The Bertz CT molecular complexity index is 770. The second-order valence-electron chi connectivity index (χ2n) is 6.44. The quantitative estimate of drug-likeness (QED) is 0.812. The van der Waals surface area contributed by atoms with Gasteiger partial charge in [0.2, 0.25) is 0 Å². The normalized spacial score (nSPS) is 16.9. The summed E-state index contributed by atoms with van der Waals surface area (Å²) in [5.74, 6) is 0.723. The van der Waals surface area contributed by atoms with Crippen LogP contribution in [0.3, 0.4) is 0 Å². The lowest BCUT2D eigenvalue weighted by atomic mass is 10.0. The van der Waals surface area contributed by atoms with E-state index in [0.29, 0.717) is 11.1 Å². The van der Waals surface area contributed by atoms with Crippen LogP contribution in [0.1, 0.15) is 26.3 Å². The van der Waals surface area contributed by atoms with Gasteiger partial charge < -0.3 is 4.74 Å². The summed E-state index contributed by atoms with van der Waals surface area (Å²) in [6.07, 6.45) is 4.32. The highest BCUT2D eigenvalue weighted by atomic mass is 35.5. The number of benzene rings is 2. The van der Waals surface area contributed by atoms with Gasteiger partial charge >= 0.3 is 0 Å². The molecule has 1 aliphatic rings. The fraction of sp³-hybridized carbons (Fsp3) is 0.300. The van der Waals surface area contributed by atoms with Crippen LogP contribution in [0.4, 0.5) is 5.69 Å². The molecule has 0 saturated heterocycles. The van der Waals surface area contributed by atoms with E-state index in [0.717, 1.165) is 22.6 Å². The molecule has 2 aromatic rings. The van der Waals surface area contributed by atoms with Crippen molar-refractivity contribution < 1.29 is 4.74 Å². The van der Waals surface area contributed by atoms with Crippen molar-refractivity contribution in [2.45, 2.75) is 39.8 Å². The van der Waals surface area contributed by atoms with Gasteiger partial charge in [-0.1, -0.05) is 29.8 Å². The molecule has 1 unspecified atom stereocenters. The zero-order valence-corrected chi connectivity index (χ0v) is 15.3. The topological polar surface area (TPSA) is 24.5 Å². The molecule has 1 N–H and O–H groups in total. The molecule has 0 amide bonds. The van der Waals surface area contributed by atoms with E-state index in [1.807, 2.05) is 32.0 Å². The zero-order chi connectivity index (χ0) is 17.3. The molecule has 0 aromatic heterocycles. The number of anilines is 1. The van der Waals surface area contributed by atoms with E-state index in [1.165, 1.54) is 5.56 Å². The number of ether oxygens (including phenoxy) is 1. The number of nitrogens with one attached hydrogen (secondary N) is 1. The molecular formula is C20H23ClN2O. The monoisotopic (exact) mass is 342 g/mol. The van der Waals surface area contributed by atoms with Gasteiger partial charge in [0.1, 0.15) is 5.75 Å². The van der Waals surface area contributed by atoms with E-state index in [9.17, 15) is 0 Å². The molecule has 24 heavy (non-hydrogen) atoms. The van der Waals surface area contributed by atoms with Crippen LogP contribution in [0.15, 0.2) is 48.7 Å². The molecule has 1 aliphatic heterocycles. The highest BCUT2D eigenvalue weighted by Crippen LogP contribution is 2.33. The Balaban J connectivity index is 1.92. The van der Waals surface area contributed by atoms with Gasteiger partial charge in [-0.25, -0.2) is 5.43 Å². The third-order valence-corrected chi connectivity index (χ3v) is 4.26. The Morgan fingerprint density at radius 3 is 2.46 bits per heavy atom. The van der Waals surface area contributed by atoms with Crippen LogP contribution in [-0.2, 0) is 0 Å². The van der Waals surface area contributed by atoms with Crippen molar-refractivity contribution in [3.63, 3.8) is 0 Å². The van der Waals surface area contributed by atoms with Crippen molar-refractivity contribution in [3.8, 4) is 16.9 Å². The lowest BCUT2D eigenvalue weighted by Crippen LogP contribution is -2.33. The average molecular weight is 343 g/mol. The number of hydrogen-bond acceptors (Lipinski definition) is 3. The molecule has 2 aromatic carbocycles. The number of halogens is 1. The maximum atomic E-state index is 6.38. The second kappa shape index (κ2) is 6.88. The molecule has 0 spiro atoms. The summed E-state index contributed by atoms with van der Waals surface area (Å²) < 4.78 is 5.71. The van der Waals surface area contributed by atoms with Crippen molar-refractivity contribution in [1.82, 2.24) is 5.43 Å². The molecule has 0 saturated carbocycles. The molecular weight excluding hydrogens is 320 g/mol. The lowest BCUT2D eigenvalue weighted by Gasteiger charge is -2.21. The SMILES string of the molecule is Cc1ccc(-c2ccc(OC(C)C)c(Cl)c2)cc1N1C=CC(C)N1. The van der Waals surface area contributed by atoms with Crippen LogP contribution in [-0.4, -0.2) is 12.1 Å². The standard InChI is InChI=1S/C20H23ClN2O/c1-13(2)24-20-8-7-16(11-18(20)21)17-6-5-14(3)19(12-17)23-10-9-15(4)22-23/h5-13,15,22H,1-4H3. The summed E-state index contributed by atoms with van der Waals surface area (Å²) in [5, 5.41) is 2.71. The summed E-state index contributed by atoms with van der Waals surface area (Å²) >= 11 is 6.38. The zero-order valence-electron chi connectivity index (χ0n) is 14.5. The Labute approximate surface area is 148 Å². The predicted molar refractivity (Wildman–Crippen MR) is 102 cm³/mol. The largest absolute Gasteiger partial charge is 0.489 e. The number of nitrogens with zero attached hydrogens (tertiary/aromatic N) is 1. The second-order valence-corrected chi connectivity index (χ2v) is 6.85. The van der Waals surface area contributed by atoms with Gasteiger partial charge in [-0.2, -0.15) is 0 Å². The average Bonchev–Trinajstić information content (AvgIpc) is 2.96. The minimum absolute atomic E-state index is 0.106. The molecule has 0 fully saturated rings. The molecule has 0 radical (unpaired) electrons. The highest BCUT2D eigenvalue weighted by Gasteiger charge is 2.15. The van der Waals surface area contributed by atoms with Crippen LogP contribution in [0.2, 0.25) is 5.02 Å². The van der Waals surface area contributed by atoms with Gasteiger partial charge in [-0.15, -0.1) is 0 Å². The van der Waals surface area contributed by atoms with Gasteiger partial charge in [-0.05, 0) is 68.7 Å². The summed E-state index contributed by atoms with van der Waals surface area (Å²) in [5.41, 5.74) is 7.98. The lowest BCUT2D eigenvalue weighted by molar-refractivity contribution is 0.242. The first-order valence-corrected chi connectivity index (χ1v) is 8.63. The molecule has 3 nitrogen and oxygen atoms in total. The van der Waals surface area contributed by atoms with E-state index in [-0.39, 0.29) is 6.10 Å². The Kier molecular flexibility index (Phi) is 4.83. The van der Waals surface area contributed by atoms with Crippen molar-refractivity contribution in [1.29, 1.82) is 0 Å². The first kappa shape index (κ1) is 16.9. The summed E-state index contributed by atoms with van der Waals surface area (Å²) in [4.78, 5) is 0. The fourth-order valence-corrected chi connectivity index (χ4v) is 2.97. The van der Waals surface area contributed by atoms with Crippen molar-refractivity contribution in [2.75, 3.05) is 5.01 Å². The van der Waals surface area contributed by atoms with Crippen molar-refractivity contribution in [2.24, 2.45) is 0 Å². The van der Waals surface area contributed by atoms with Crippen LogP contribution in [0.5, 0.6) is 5.75 Å². The van der Waals surface area contributed by atoms with E-state index < -0.39 is 0 Å². The third-order valence-electron chi connectivity index (χ3n) is 3.96. The van der Waals surface area contributed by atoms with E-state index in [2.05, 4.69) is 54.8 Å². The smallest absolute Gasteiger partial charge is 0.138 e. The molecule has 126 valence electrons. The minimum atomic E-state index is 0.106. The van der Waals surface area contributed by atoms with Gasteiger partial charge in [0.25, 0.3) is 0 Å². The maximum Gasteiger partial charge on any atom is 0.138 e. The van der Waals surface area contributed by atoms with Crippen molar-refractivity contribution in [3.05, 3.63) is 59.3 Å². The maximum absolute atomic E-state index is 6.38. The van der Waals surface area contributed by atoms with Gasteiger partial charge in [-0.3, -0.25) is 5.01 Å². The van der Waals surface area contributed by atoms with Crippen LogP contribution in [0.25, 0.3) is 11.1 Å². The number of hydrogen-bond donors (Lipinski definition) is 1. The molecule has 1 heterocycles. The van der Waals surface area contributed by atoms with E-state index in [1.54, 1.807) is 0 Å². The van der Waals surface area contributed by atoms with Crippen molar-refractivity contribution >= 4 is 17.3 Å². The number of hydrazine groups is 1. The van der Waals surface area contributed by atoms with Gasteiger partial charge in [0, 0.05) is 12.2 Å². The highest BCUT2D eigenvalue weighted by molar-refractivity contribution is 6.32. The molecule has 0 bridgehead atoms. The molecule has 0 aliphatic carbocycles. The number of aryl methyl sites for hydroxylation is 1. The Hall–Kier alpha value is -1.97. The predicted octanol–water partition coefficient (Wildman–Crippen LogP) is 5.33. The number of rotatable bonds is 4. The Morgan fingerprint density at radius 2 is 1.83 bits per heavy atom. The van der Waals surface area contributed by atoms with Gasteiger partial charge in [0.05, 0.1) is 16.8 Å². The van der Waals surface area contributed by atoms with Crippen LogP contribution < -0.4 is 15.2 Å². The van der Waals surface area contributed by atoms with Crippen LogP contribution >= 0.6 is 11.6 Å². The van der Waals surface area contributed by atoms with Crippen LogP contribution in [0, 0.1) is 6.92 Å². The summed E-state index contributed by atoms with van der Waals surface area (Å²) in [6.45, 7) is 8.23. The first-order valence-electron chi connectivity index (χ1n) is 8.25. The first-order chi connectivity index (χ1) is 11.4. The summed E-state index contributed by atoms with van der Waals surface area (Å²) in [6, 6.07) is 12.7. The Morgan fingerprint density at radius 1 is 1.12 bits per heavy atom. The molecule has 4 heteroatoms. The van der Waals surface area contributed by atoms with E-state index >= 15 is 0 Å². The summed E-state index contributed by atoms with van der Waals surface area (Å²) in [7, 11) is 0. The van der Waals surface area contributed by atoms with Gasteiger partial charge in [0.15, 0.2) is 0 Å². The fourth-order valence-electron chi connectivity index (χ4n) is 2.75. The molecule has 1 atom stereocenters. The third kappa shape index (κ3) is 3.58.